The molecule has 2 atom stereocenters. The smallest absolute Gasteiger partial charge is 0.131 e. The van der Waals surface area contributed by atoms with Crippen LogP contribution in [0.4, 0.5) is 8.78 Å². The Morgan fingerprint density at radius 1 is 1.31 bits per heavy atom. The van der Waals surface area contributed by atoms with Crippen LogP contribution in [0.2, 0.25) is 0 Å². The molecule has 4 heteroatoms. The van der Waals surface area contributed by atoms with Crippen LogP contribution in [0.1, 0.15) is 24.5 Å². The summed E-state index contributed by atoms with van der Waals surface area (Å²) in [7, 11) is 1.85. The summed E-state index contributed by atoms with van der Waals surface area (Å²) in [5.41, 5.74) is 0.0578. The van der Waals surface area contributed by atoms with Gasteiger partial charge in [-0.2, -0.15) is 0 Å². The SMILES string of the molecule is CNC1CCOC(c2c(F)cccc2F)C1. The Balaban J connectivity index is 2.23. The summed E-state index contributed by atoms with van der Waals surface area (Å²) in [4.78, 5) is 0. The molecule has 16 heavy (non-hydrogen) atoms. The van der Waals surface area contributed by atoms with Crippen molar-refractivity contribution in [1.29, 1.82) is 0 Å². The summed E-state index contributed by atoms with van der Waals surface area (Å²) >= 11 is 0. The molecule has 0 saturated carbocycles. The number of rotatable bonds is 2. The van der Waals surface area contributed by atoms with Crippen molar-refractivity contribution in [2.75, 3.05) is 13.7 Å². The maximum atomic E-state index is 13.5. The van der Waals surface area contributed by atoms with Gasteiger partial charge in [0.2, 0.25) is 0 Å². The molecule has 88 valence electrons. The van der Waals surface area contributed by atoms with Gasteiger partial charge >= 0.3 is 0 Å². The monoisotopic (exact) mass is 227 g/mol. The Kier molecular flexibility index (Phi) is 3.51. The molecule has 0 amide bonds. The van der Waals surface area contributed by atoms with E-state index in [0.717, 1.165) is 6.42 Å². The van der Waals surface area contributed by atoms with Crippen LogP contribution in [-0.2, 0) is 4.74 Å². The molecule has 1 aliphatic heterocycles. The number of halogens is 2. The van der Waals surface area contributed by atoms with E-state index in [-0.39, 0.29) is 11.6 Å². The first-order valence-electron chi connectivity index (χ1n) is 5.45. The Labute approximate surface area is 93.6 Å². The van der Waals surface area contributed by atoms with Crippen molar-refractivity contribution in [2.45, 2.75) is 25.0 Å². The van der Waals surface area contributed by atoms with Gasteiger partial charge in [-0.15, -0.1) is 0 Å². The minimum absolute atomic E-state index is 0.0578. The van der Waals surface area contributed by atoms with E-state index in [9.17, 15) is 8.78 Å². The summed E-state index contributed by atoms with van der Waals surface area (Å²) in [5, 5.41) is 3.12. The topological polar surface area (TPSA) is 21.3 Å². The van der Waals surface area contributed by atoms with E-state index in [1.807, 2.05) is 7.05 Å². The predicted octanol–water partition coefficient (Wildman–Crippen LogP) is 2.40. The van der Waals surface area contributed by atoms with Gasteiger partial charge in [-0.1, -0.05) is 6.07 Å². The second kappa shape index (κ2) is 4.89. The molecule has 2 rings (SSSR count). The molecule has 1 N–H and O–H groups in total. The summed E-state index contributed by atoms with van der Waals surface area (Å²) in [6, 6.07) is 4.17. The normalized spacial score (nSPS) is 25.7. The Morgan fingerprint density at radius 3 is 2.62 bits per heavy atom. The highest BCUT2D eigenvalue weighted by Crippen LogP contribution is 2.31. The van der Waals surface area contributed by atoms with Crippen LogP contribution >= 0.6 is 0 Å². The zero-order chi connectivity index (χ0) is 11.5. The van der Waals surface area contributed by atoms with Gasteiger partial charge in [0.15, 0.2) is 0 Å². The van der Waals surface area contributed by atoms with Gasteiger partial charge in [0, 0.05) is 12.6 Å². The summed E-state index contributed by atoms with van der Waals surface area (Å²) in [5.74, 6) is -1.05. The third-order valence-electron chi connectivity index (χ3n) is 3.01. The van der Waals surface area contributed by atoms with Gasteiger partial charge < -0.3 is 10.1 Å². The molecule has 0 aromatic heterocycles. The van der Waals surface area contributed by atoms with Crippen molar-refractivity contribution in [3.8, 4) is 0 Å². The largest absolute Gasteiger partial charge is 0.373 e. The minimum atomic E-state index is -0.526. The van der Waals surface area contributed by atoms with Crippen LogP contribution in [0, 0.1) is 11.6 Å². The van der Waals surface area contributed by atoms with Gasteiger partial charge in [-0.3, -0.25) is 0 Å². The molecule has 1 heterocycles. The van der Waals surface area contributed by atoms with Crippen LogP contribution in [-0.4, -0.2) is 19.7 Å². The maximum Gasteiger partial charge on any atom is 0.131 e. The third-order valence-corrected chi connectivity index (χ3v) is 3.01. The lowest BCUT2D eigenvalue weighted by atomic mass is 9.97. The number of benzene rings is 1. The van der Waals surface area contributed by atoms with Gasteiger partial charge in [0.05, 0.1) is 11.7 Å². The van der Waals surface area contributed by atoms with E-state index in [0.29, 0.717) is 13.0 Å². The number of nitrogens with one attached hydrogen (secondary N) is 1. The van der Waals surface area contributed by atoms with Gasteiger partial charge in [-0.05, 0) is 32.0 Å². The molecule has 0 aliphatic carbocycles. The Hall–Kier alpha value is -1.00. The quantitative estimate of drug-likeness (QED) is 0.837. The molecule has 0 spiro atoms. The average Bonchev–Trinajstić information content (AvgIpc) is 2.29. The van der Waals surface area contributed by atoms with Crippen LogP contribution < -0.4 is 5.32 Å². The molecule has 1 aromatic carbocycles. The van der Waals surface area contributed by atoms with E-state index in [1.54, 1.807) is 0 Å². The van der Waals surface area contributed by atoms with Crippen LogP contribution in [0.15, 0.2) is 18.2 Å². The molecule has 1 fully saturated rings. The highest BCUT2D eigenvalue weighted by molar-refractivity contribution is 5.22. The lowest BCUT2D eigenvalue weighted by Gasteiger charge is -2.29. The average molecular weight is 227 g/mol. The molecular formula is C12H15F2NO. The summed E-state index contributed by atoms with van der Waals surface area (Å²) < 4.78 is 32.5. The van der Waals surface area contributed by atoms with E-state index >= 15 is 0 Å². The van der Waals surface area contributed by atoms with Crippen LogP contribution in [0.3, 0.4) is 0 Å². The molecular weight excluding hydrogens is 212 g/mol. The van der Waals surface area contributed by atoms with E-state index in [4.69, 9.17) is 4.74 Å². The first-order chi connectivity index (χ1) is 7.72. The lowest BCUT2D eigenvalue weighted by Crippen LogP contribution is -2.34. The van der Waals surface area contributed by atoms with E-state index < -0.39 is 17.7 Å². The molecule has 1 aliphatic rings. The van der Waals surface area contributed by atoms with Crippen molar-refractivity contribution in [2.24, 2.45) is 0 Å². The van der Waals surface area contributed by atoms with Gasteiger partial charge in [-0.25, -0.2) is 8.78 Å². The molecule has 2 unspecified atom stereocenters. The van der Waals surface area contributed by atoms with Crippen molar-refractivity contribution in [3.63, 3.8) is 0 Å². The molecule has 1 saturated heterocycles. The highest BCUT2D eigenvalue weighted by Gasteiger charge is 2.27. The Bertz CT molecular complexity index is 350. The third kappa shape index (κ3) is 2.23. The highest BCUT2D eigenvalue weighted by atomic mass is 19.1. The maximum absolute atomic E-state index is 13.5. The fourth-order valence-electron chi connectivity index (χ4n) is 2.08. The van der Waals surface area contributed by atoms with Gasteiger partial charge in [0.25, 0.3) is 0 Å². The zero-order valence-electron chi connectivity index (χ0n) is 9.17. The molecule has 0 bridgehead atoms. The second-order valence-electron chi connectivity index (χ2n) is 4.00. The first-order valence-corrected chi connectivity index (χ1v) is 5.45. The minimum Gasteiger partial charge on any atom is -0.373 e. The van der Waals surface area contributed by atoms with Crippen molar-refractivity contribution in [1.82, 2.24) is 5.32 Å². The lowest BCUT2D eigenvalue weighted by molar-refractivity contribution is -0.00247. The van der Waals surface area contributed by atoms with Gasteiger partial charge in [0.1, 0.15) is 11.6 Å². The molecule has 0 radical (unpaired) electrons. The standard InChI is InChI=1S/C12H15F2NO/c1-15-8-5-6-16-11(7-8)12-9(13)3-2-4-10(12)14/h2-4,8,11,15H,5-7H2,1H3. The first kappa shape index (κ1) is 11.5. The van der Waals surface area contributed by atoms with Crippen LogP contribution in [0.25, 0.3) is 0 Å². The Morgan fingerprint density at radius 2 is 2.00 bits per heavy atom. The number of hydrogen-bond donors (Lipinski definition) is 1. The fourth-order valence-corrected chi connectivity index (χ4v) is 2.08. The second-order valence-corrected chi connectivity index (χ2v) is 4.00. The van der Waals surface area contributed by atoms with Crippen molar-refractivity contribution >= 4 is 0 Å². The fraction of sp³-hybridized carbons (Fsp3) is 0.500. The van der Waals surface area contributed by atoms with Crippen molar-refractivity contribution < 1.29 is 13.5 Å². The summed E-state index contributed by atoms with van der Waals surface area (Å²) in [6.45, 7) is 0.532. The zero-order valence-corrected chi connectivity index (χ0v) is 9.17. The van der Waals surface area contributed by atoms with Crippen LogP contribution in [0.5, 0.6) is 0 Å². The van der Waals surface area contributed by atoms with E-state index in [1.165, 1.54) is 18.2 Å². The molecule has 2 nitrogen and oxygen atoms in total. The number of hydrogen-bond acceptors (Lipinski definition) is 2. The van der Waals surface area contributed by atoms with Crippen molar-refractivity contribution in [3.05, 3.63) is 35.4 Å². The predicted molar refractivity (Wildman–Crippen MR) is 57.1 cm³/mol. The van der Waals surface area contributed by atoms with E-state index in [2.05, 4.69) is 5.32 Å². The summed E-state index contributed by atoms with van der Waals surface area (Å²) in [6.07, 6.45) is 1.00. The number of ether oxygens (including phenoxy) is 1. The molecule has 1 aromatic rings.